The molecule has 0 spiro atoms. The van der Waals surface area contributed by atoms with Gasteiger partial charge in [-0.1, -0.05) is 65.8 Å². The Labute approximate surface area is 242 Å². The number of aryl methyl sites for hydroxylation is 1. The number of hydrogen-bond donors (Lipinski definition) is 3. The number of rotatable bonds is 8. The third-order valence-electron chi connectivity index (χ3n) is 7.12. The van der Waals surface area contributed by atoms with Crippen molar-refractivity contribution in [2.75, 3.05) is 27.2 Å². The molecule has 40 heavy (non-hydrogen) atoms. The van der Waals surface area contributed by atoms with Gasteiger partial charge in [0.25, 0.3) is 0 Å². The second-order valence-electron chi connectivity index (χ2n) is 13.1. The Bertz CT molecular complexity index is 1200. The van der Waals surface area contributed by atoms with Crippen LogP contribution in [-0.4, -0.2) is 83.0 Å². The van der Waals surface area contributed by atoms with Crippen LogP contribution in [0.4, 0.5) is 0 Å². The number of likely N-dealkylation sites (N-methyl/N-ethyl adjacent to an activating group) is 1. The summed E-state index contributed by atoms with van der Waals surface area (Å²) in [5.41, 5.74) is 3.54. The van der Waals surface area contributed by atoms with E-state index in [-0.39, 0.29) is 36.7 Å². The lowest BCUT2D eigenvalue weighted by Crippen LogP contribution is -2.59. The molecule has 3 N–H and O–H groups in total. The van der Waals surface area contributed by atoms with E-state index in [4.69, 9.17) is 0 Å². The molecule has 4 atom stereocenters. The van der Waals surface area contributed by atoms with E-state index in [2.05, 4.69) is 15.6 Å². The molecular weight excluding hydrogens is 526 g/mol. The first kappa shape index (κ1) is 31.7. The third kappa shape index (κ3) is 7.67. The molecule has 3 rings (SSSR count). The average molecular weight is 572 g/mol. The van der Waals surface area contributed by atoms with Crippen LogP contribution < -0.4 is 10.6 Å². The highest BCUT2D eigenvalue weighted by Gasteiger charge is 2.45. The molecule has 2 aromatic rings. The molecule has 9 nitrogen and oxygen atoms in total. The Kier molecular flexibility index (Phi) is 9.80. The number of thiazole rings is 1. The van der Waals surface area contributed by atoms with Gasteiger partial charge in [-0.2, -0.15) is 0 Å². The van der Waals surface area contributed by atoms with Crippen molar-refractivity contribution in [3.8, 4) is 10.4 Å². The Morgan fingerprint density at radius 3 is 2.23 bits per heavy atom. The van der Waals surface area contributed by atoms with Crippen molar-refractivity contribution in [3.63, 3.8) is 0 Å². The number of nitrogens with zero attached hydrogens (tertiary/aromatic N) is 3. The number of amides is 3. The number of β-amino-alcohol motifs (C(OH)–C–C–N with tert-alkyl or cyclic N) is 1. The van der Waals surface area contributed by atoms with Gasteiger partial charge in [-0.05, 0) is 37.6 Å². The zero-order valence-electron chi connectivity index (χ0n) is 25.2. The maximum atomic E-state index is 13.8. The summed E-state index contributed by atoms with van der Waals surface area (Å²) in [5, 5.41) is 16.6. The summed E-state index contributed by atoms with van der Waals surface area (Å²) >= 11 is 1.59. The molecule has 10 heteroatoms. The van der Waals surface area contributed by atoms with E-state index in [1.807, 2.05) is 76.5 Å². The monoisotopic (exact) mass is 571 g/mol. The summed E-state index contributed by atoms with van der Waals surface area (Å²) in [6.07, 6.45) is -0.687. The number of carbonyl (C=O) groups is 3. The van der Waals surface area contributed by atoms with E-state index < -0.39 is 29.0 Å². The van der Waals surface area contributed by atoms with E-state index in [1.165, 1.54) is 4.90 Å². The molecule has 0 bridgehead atoms. The van der Waals surface area contributed by atoms with Gasteiger partial charge in [0.1, 0.15) is 12.1 Å². The van der Waals surface area contributed by atoms with Gasteiger partial charge in [0.2, 0.25) is 17.7 Å². The number of aromatic nitrogens is 1. The normalized spacial score (nSPS) is 19.4. The number of hydrogen-bond acceptors (Lipinski definition) is 7. The zero-order valence-corrected chi connectivity index (χ0v) is 26.1. The van der Waals surface area contributed by atoms with Crippen molar-refractivity contribution in [1.29, 1.82) is 0 Å². The summed E-state index contributed by atoms with van der Waals surface area (Å²) in [5.74, 6) is -0.936. The SMILES string of the molecule is Cc1ncsc1-c1ccc(C(CN(C)C)NC(=O)[C@@H]2C[C@@H](O)CN2C(=O)[C@@H](NC(=O)C(C)(C)C)C(C)(C)C)cc1. The van der Waals surface area contributed by atoms with E-state index in [9.17, 15) is 19.5 Å². The van der Waals surface area contributed by atoms with Crippen LogP contribution in [0.15, 0.2) is 29.8 Å². The highest BCUT2D eigenvalue weighted by atomic mass is 32.1. The Morgan fingerprint density at radius 2 is 1.73 bits per heavy atom. The molecule has 1 aromatic carbocycles. The number of likely N-dealkylation sites (tertiary alicyclic amines) is 1. The fraction of sp³-hybridized carbons (Fsp3) is 0.600. The van der Waals surface area contributed by atoms with Gasteiger partial charge >= 0.3 is 0 Å². The quantitative estimate of drug-likeness (QED) is 0.448. The number of aliphatic hydroxyl groups excluding tert-OH is 1. The molecule has 1 aliphatic rings. The predicted molar refractivity (Wildman–Crippen MR) is 159 cm³/mol. The molecule has 1 aliphatic heterocycles. The molecular formula is C30H45N5O4S. The van der Waals surface area contributed by atoms with Crippen LogP contribution in [0.25, 0.3) is 10.4 Å². The number of aliphatic hydroxyl groups is 1. The zero-order chi connectivity index (χ0) is 30.0. The molecule has 1 saturated heterocycles. The van der Waals surface area contributed by atoms with Crippen LogP contribution in [0.2, 0.25) is 0 Å². The maximum Gasteiger partial charge on any atom is 0.246 e. The molecule has 1 fully saturated rings. The molecule has 2 heterocycles. The Balaban J connectivity index is 1.83. The maximum absolute atomic E-state index is 13.8. The van der Waals surface area contributed by atoms with Crippen LogP contribution >= 0.6 is 11.3 Å². The van der Waals surface area contributed by atoms with Gasteiger partial charge in [-0.15, -0.1) is 11.3 Å². The number of benzene rings is 1. The molecule has 3 amide bonds. The van der Waals surface area contributed by atoms with Crippen molar-refractivity contribution >= 4 is 29.1 Å². The third-order valence-corrected chi connectivity index (χ3v) is 8.10. The van der Waals surface area contributed by atoms with Gasteiger partial charge < -0.3 is 25.5 Å². The summed E-state index contributed by atoms with van der Waals surface area (Å²) in [7, 11) is 3.88. The fourth-order valence-corrected chi connectivity index (χ4v) is 5.59. The van der Waals surface area contributed by atoms with Crippen molar-refractivity contribution < 1.29 is 19.5 Å². The minimum absolute atomic E-state index is 0.0378. The van der Waals surface area contributed by atoms with Crippen LogP contribution in [0.3, 0.4) is 0 Å². The van der Waals surface area contributed by atoms with Crippen molar-refractivity contribution in [2.45, 2.75) is 79.1 Å². The van der Waals surface area contributed by atoms with Gasteiger partial charge in [0.05, 0.1) is 28.2 Å². The molecule has 1 unspecified atom stereocenters. The van der Waals surface area contributed by atoms with Crippen LogP contribution in [0.1, 0.15) is 65.3 Å². The van der Waals surface area contributed by atoms with Gasteiger partial charge in [-0.3, -0.25) is 14.4 Å². The smallest absolute Gasteiger partial charge is 0.246 e. The van der Waals surface area contributed by atoms with Gasteiger partial charge in [0.15, 0.2) is 0 Å². The largest absolute Gasteiger partial charge is 0.391 e. The number of carbonyl (C=O) groups excluding carboxylic acids is 3. The summed E-state index contributed by atoms with van der Waals surface area (Å²) in [6.45, 7) is 13.6. The van der Waals surface area contributed by atoms with Crippen molar-refractivity contribution in [3.05, 3.63) is 41.0 Å². The number of nitrogens with one attached hydrogen (secondary N) is 2. The molecule has 220 valence electrons. The van der Waals surface area contributed by atoms with E-state index in [0.717, 1.165) is 21.7 Å². The van der Waals surface area contributed by atoms with Crippen LogP contribution in [-0.2, 0) is 14.4 Å². The lowest BCUT2D eigenvalue weighted by Gasteiger charge is -2.37. The average Bonchev–Trinajstić information content (AvgIpc) is 3.45. The van der Waals surface area contributed by atoms with E-state index >= 15 is 0 Å². The first-order chi connectivity index (χ1) is 18.5. The molecule has 1 aromatic heterocycles. The first-order valence-corrected chi connectivity index (χ1v) is 14.6. The summed E-state index contributed by atoms with van der Waals surface area (Å²) < 4.78 is 0. The van der Waals surface area contributed by atoms with Crippen molar-refractivity contribution in [2.24, 2.45) is 10.8 Å². The van der Waals surface area contributed by atoms with Crippen LogP contribution in [0.5, 0.6) is 0 Å². The highest BCUT2D eigenvalue weighted by Crippen LogP contribution is 2.30. The minimum Gasteiger partial charge on any atom is -0.391 e. The topological polar surface area (TPSA) is 115 Å². The first-order valence-electron chi connectivity index (χ1n) is 13.7. The lowest BCUT2D eigenvalue weighted by atomic mass is 9.84. The standard InChI is InChI=1S/C30H45N5O4S/c1-18-24(40-17-31-18)20-12-10-19(11-13-20)22(16-34(8)9)32-26(37)23-14-21(36)15-35(23)27(38)25(29(2,3)4)33-28(39)30(5,6)7/h10-13,17,21-23,25,36H,14-16H2,1-9H3,(H,32,37)(H,33,39)/t21-,22?,23+,25-/m1/s1. The molecule has 0 saturated carbocycles. The fourth-order valence-electron chi connectivity index (χ4n) is 4.78. The van der Waals surface area contributed by atoms with Gasteiger partial charge in [0, 0.05) is 24.9 Å². The second kappa shape index (κ2) is 12.4. The van der Waals surface area contributed by atoms with Crippen LogP contribution in [0, 0.1) is 17.8 Å². The molecule has 0 aliphatic carbocycles. The van der Waals surface area contributed by atoms with E-state index in [0.29, 0.717) is 6.54 Å². The highest BCUT2D eigenvalue weighted by molar-refractivity contribution is 7.13. The minimum atomic E-state index is -0.847. The lowest BCUT2D eigenvalue weighted by molar-refractivity contribution is -0.145. The van der Waals surface area contributed by atoms with E-state index in [1.54, 1.807) is 32.1 Å². The predicted octanol–water partition coefficient (Wildman–Crippen LogP) is 3.38. The second-order valence-corrected chi connectivity index (χ2v) is 14.0. The van der Waals surface area contributed by atoms with Gasteiger partial charge in [-0.25, -0.2) is 4.98 Å². The molecule has 0 radical (unpaired) electrons. The Hall–Kier alpha value is -2.82. The Morgan fingerprint density at radius 1 is 1.10 bits per heavy atom. The summed E-state index contributed by atoms with van der Waals surface area (Å²) in [4.78, 5) is 49.2. The van der Waals surface area contributed by atoms with Crippen molar-refractivity contribution in [1.82, 2.24) is 25.4 Å². The summed E-state index contributed by atoms with van der Waals surface area (Å²) in [6, 6.07) is 6.06.